The van der Waals surface area contributed by atoms with E-state index in [4.69, 9.17) is 14.5 Å². The summed E-state index contributed by atoms with van der Waals surface area (Å²) in [6, 6.07) is 22.2. The van der Waals surface area contributed by atoms with Gasteiger partial charge in [-0.05, 0) is 74.2 Å². The van der Waals surface area contributed by atoms with Gasteiger partial charge in [-0.15, -0.1) is 0 Å². The largest absolute Gasteiger partial charge is 0.497 e. The summed E-state index contributed by atoms with van der Waals surface area (Å²) < 4.78 is 13.7. The lowest BCUT2D eigenvalue weighted by molar-refractivity contribution is -0.117. The van der Waals surface area contributed by atoms with Gasteiger partial charge in [0.2, 0.25) is 5.91 Å². The number of carbonyl (C=O) groups excluding carboxylic acids is 1. The van der Waals surface area contributed by atoms with E-state index in [1.54, 1.807) is 7.11 Å². The van der Waals surface area contributed by atoms with Crippen LogP contribution in [0.3, 0.4) is 0 Å². The lowest BCUT2D eigenvalue weighted by Gasteiger charge is -2.18. The van der Waals surface area contributed by atoms with Crippen molar-refractivity contribution in [2.45, 2.75) is 45.6 Å². The van der Waals surface area contributed by atoms with Crippen molar-refractivity contribution < 1.29 is 14.3 Å². The molecule has 0 saturated carbocycles. The van der Waals surface area contributed by atoms with Crippen molar-refractivity contribution in [2.75, 3.05) is 25.2 Å². The number of ether oxygens (including phenoxy) is 2. The smallest absolute Gasteiger partial charge is 0.227 e. The van der Waals surface area contributed by atoms with Crippen LogP contribution < -0.4 is 14.4 Å². The Kier molecular flexibility index (Phi) is 6.94. The third kappa shape index (κ3) is 5.08. The van der Waals surface area contributed by atoms with Crippen molar-refractivity contribution in [3.8, 4) is 11.5 Å². The Labute approximate surface area is 212 Å². The van der Waals surface area contributed by atoms with Gasteiger partial charge in [-0.25, -0.2) is 4.98 Å². The molecule has 0 bridgehead atoms. The van der Waals surface area contributed by atoms with Gasteiger partial charge in [0.05, 0.1) is 24.8 Å². The fourth-order valence-electron chi connectivity index (χ4n) is 5.13. The van der Waals surface area contributed by atoms with E-state index >= 15 is 0 Å². The van der Waals surface area contributed by atoms with Crippen LogP contribution in [0.15, 0.2) is 66.7 Å². The van der Waals surface area contributed by atoms with Crippen molar-refractivity contribution in [2.24, 2.45) is 0 Å². The highest BCUT2D eigenvalue weighted by atomic mass is 16.5. The lowest BCUT2D eigenvalue weighted by Crippen LogP contribution is -2.24. The van der Waals surface area contributed by atoms with E-state index in [1.807, 2.05) is 35.2 Å². The first-order valence-corrected chi connectivity index (χ1v) is 12.6. The van der Waals surface area contributed by atoms with Crippen LogP contribution in [-0.2, 0) is 11.3 Å². The number of aromatic nitrogens is 2. The zero-order chi connectivity index (χ0) is 25.1. The topological polar surface area (TPSA) is 56.6 Å². The fraction of sp³-hybridized carbons (Fsp3) is 0.333. The summed E-state index contributed by atoms with van der Waals surface area (Å²) in [5.41, 5.74) is 5.40. The SMILES string of the molecule is COc1cccc(N2CC(c3nc4ccccc4n3CCCCOc3cc(C)cc(C)c3)CC2=O)c1. The molecule has 1 aromatic heterocycles. The second kappa shape index (κ2) is 10.4. The van der Waals surface area contributed by atoms with Gasteiger partial charge in [-0.2, -0.15) is 0 Å². The minimum absolute atomic E-state index is 0.0441. The number of hydrogen-bond acceptors (Lipinski definition) is 4. The van der Waals surface area contributed by atoms with Crippen molar-refractivity contribution in [3.63, 3.8) is 0 Å². The number of rotatable bonds is 9. The molecule has 1 amide bonds. The van der Waals surface area contributed by atoms with Gasteiger partial charge < -0.3 is 18.9 Å². The summed E-state index contributed by atoms with van der Waals surface area (Å²) in [6.07, 6.45) is 2.37. The molecule has 1 aliphatic rings. The summed E-state index contributed by atoms with van der Waals surface area (Å²) in [5, 5.41) is 0. The molecule has 1 saturated heterocycles. The number of imidazole rings is 1. The first-order valence-electron chi connectivity index (χ1n) is 12.6. The second-order valence-electron chi connectivity index (χ2n) is 9.60. The maximum absolute atomic E-state index is 13.0. The summed E-state index contributed by atoms with van der Waals surface area (Å²) in [6.45, 7) is 6.32. The van der Waals surface area contributed by atoms with E-state index in [2.05, 4.69) is 54.8 Å². The monoisotopic (exact) mass is 483 g/mol. The molecule has 1 unspecified atom stereocenters. The normalized spacial score (nSPS) is 15.6. The van der Waals surface area contributed by atoms with E-state index < -0.39 is 0 Å². The molecule has 4 aromatic rings. The molecule has 0 aliphatic carbocycles. The number of fused-ring (bicyclic) bond motifs is 1. The summed E-state index contributed by atoms with van der Waals surface area (Å²) in [5.74, 6) is 2.84. The summed E-state index contributed by atoms with van der Waals surface area (Å²) >= 11 is 0. The Morgan fingerprint density at radius 1 is 0.944 bits per heavy atom. The molecule has 6 nitrogen and oxygen atoms in total. The van der Waals surface area contributed by atoms with Crippen LogP contribution in [0.4, 0.5) is 5.69 Å². The van der Waals surface area contributed by atoms with Crippen LogP contribution in [0.5, 0.6) is 11.5 Å². The second-order valence-corrected chi connectivity index (χ2v) is 9.60. The third-order valence-electron chi connectivity index (χ3n) is 6.78. The van der Waals surface area contributed by atoms with Crippen molar-refractivity contribution in [1.82, 2.24) is 9.55 Å². The Balaban J connectivity index is 1.29. The molecule has 0 radical (unpaired) electrons. The van der Waals surface area contributed by atoms with Crippen molar-refractivity contribution in [3.05, 3.63) is 83.7 Å². The minimum atomic E-state index is 0.0441. The number of unbranched alkanes of at least 4 members (excludes halogenated alkanes) is 1. The highest BCUT2D eigenvalue weighted by molar-refractivity contribution is 5.96. The molecule has 0 spiro atoms. The van der Waals surface area contributed by atoms with Gasteiger partial charge in [0.1, 0.15) is 17.3 Å². The van der Waals surface area contributed by atoms with E-state index in [0.29, 0.717) is 19.6 Å². The molecular formula is C30H33N3O3. The first-order chi connectivity index (χ1) is 17.5. The highest BCUT2D eigenvalue weighted by Crippen LogP contribution is 2.34. The van der Waals surface area contributed by atoms with Crippen LogP contribution in [0.1, 0.15) is 42.1 Å². The van der Waals surface area contributed by atoms with Crippen LogP contribution in [0.25, 0.3) is 11.0 Å². The number of para-hydroxylation sites is 2. The minimum Gasteiger partial charge on any atom is -0.497 e. The van der Waals surface area contributed by atoms with Crippen LogP contribution in [0, 0.1) is 13.8 Å². The molecule has 1 aliphatic heterocycles. The standard InChI is InChI=1S/C30H33N3O3/c1-21-15-22(2)17-26(16-21)36-14-7-6-13-32-28-12-5-4-11-27(28)31-30(32)23-18-29(34)33(20-23)24-9-8-10-25(19-24)35-3/h4-5,8-12,15-17,19,23H,6-7,13-14,18,20H2,1-3H3. The Morgan fingerprint density at radius 3 is 2.56 bits per heavy atom. The Hall–Kier alpha value is -3.80. The Bertz CT molecular complexity index is 1360. The van der Waals surface area contributed by atoms with Gasteiger partial charge in [0.25, 0.3) is 0 Å². The molecule has 1 atom stereocenters. The Morgan fingerprint density at radius 2 is 1.75 bits per heavy atom. The average molecular weight is 484 g/mol. The van der Waals surface area contributed by atoms with Gasteiger partial charge >= 0.3 is 0 Å². The number of carbonyl (C=O) groups is 1. The van der Waals surface area contributed by atoms with Gasteiger partial charge in [-0.3, -0.25) is 4.79 Å². The molecule has 0 N–H and O–H groups in total. The zero-order valence-electron chi connectivity index (χ0n) is 21.2. The molecular weight excluding hydrogens is 450 g/mol. The van der Waals surface area contributed by atoms with Crippen molar-refractivity contribution >= 4 is 22.6 Å². The van der Waals surface area contributed by atoms with E-state index in [9.17, 15) is 4.79 Å². The highest BCUT2D eigenvalue weighted by Gasteiger charge is 2.35. The number of benzene rings is 3. The quantitative estimate of drug-likeness (QED) is 0.272. The average Bonchev–Trinajstić information content (AvgIpc) is 3.44. The lowest BCUT2D eigenvalue weighted by atomic mass is 10.1. The maximum atomic E-state index is 13.0. The van der Waals surface area contributed by atoms with Gasteiger partial charge in [0.15, 0.2) is 0 Å². The van der Waals surface area contributed by atoms with E-state index in [0.717, 1.165) is 53.4 Å². The number of methoxy groups -OCH3 is 1. The van der Waals surface area contributed by atoms with E-state index in [-0.39, 0.29) is 11.8 Å². The molecule has 36 heavy (non-hydrogen) atoms. The van der Waals surface area contributed by atoms with Crippen LogP contribution in [-0.4, -0.2) is 35.7 Å². The van der Waals surface area contributed by atoms with Gasteiger partial charge in [0, 0.05) is 37.2 Å². The predicted octanol–water partition coefficient (Wildman–Crippen LogP) is 6.04. The summed E-state index contributed by atoms with van der Waals surface area (Å²) in [4.78, 5) is 19.8. The van der Waals surface area contributed by atoms with E-state index in [1.165, 1.54) is 11.1 Å². The molecule has 2 heterocycles. The molecule has 6 heteroatoms. The number of anilines is 1. The molecule has 186 valence electrons. The fourth-order valence-corrected chi connectivity index (χ4v) is 5.13. The van der Waals surface area contributed by atoms with Crippen LogP contribution >= 0.6 is 0 Å². The number of hydrogen-bond donors (Lipinski definition) is 0. The molecule has 1 fully saturated rings. The van der Waals surface area contributed by atoms with Crippen molar-refractivity contribution in [1.29, 1.82) is 0 Å². The zero-order valence-corrected chi connectivity index (χ0v) is 21.2. The summed E-state index contributed by atoms with van der Waals surface area (Å²) in [7, 11) is 1.64. The van der Waals surface area contributed by atoms with Gasteiger partial charge in [-0.1, -0.05) is 24.3 Å². The first kappa shape index (κ1) is 23.9. The third-order valence-corrected chi connectivity index (χ3v) is 6.78. The number of aryl methyl sites for hydroxylation is 3. The maximum Gasteiger partial charge on any atom is 0.227 e. The number of amides is 1. The molecule has 5 rings (SSSR count). The number of nitrogens with zero attached hydrogens (tertiary/aromatic N) is 3. The predicted molar refractivity (Wildman–Crippen MR) is 143 cm³/mol. The van der Waals surface area contributed by atoms with Crippen LogP contribution in [0.2, 0.25) is 0 Å². The molecule has 3 aromatic carbocycles.